The summed E-state index contributed by atoms with van der Waals surface area (Å²) in [6, 6.07) is 9.54. The Balaban J connectivity index is 1.90. The molecule has 0 bridgehead atoms. The first-order valence-electron chi connectivity index (χ1n) is 6.98. The Kier molecular flexibility index (Phi) is 4.22. The molecule has 1 atom stereocenters. The minimum atomic E-state index is 0.613. The average Bonchev–Trinajstić information content (AvgIpc) is 3.09. The van der Waals surface area contributed by atoms with Crippen LogP contribution in [0.4, 0.5) is 0 Å². The fourth-order valence-electron chi connectivity index (χ4n) is 2.56. The molecule has 0 heterocycles. The van der Waals surface area contributed by atoms with Crippen LogP contribution in [0.25, 0.3) is 0 Å². The molecule has 0 saturated heterocycles. The van der Waals surface area contributed by atoms with Gasteiger partial charge in [0.25, 0.3) is 0 Å². The first-order chi connectivity index (χ1) is 8.16. The van der Waals surface area contributed by atoms with Crippen LogP contribution in [0.2, 0.25) is 0 Å². The highest BCUT2D eigenvalue weighted by Gasteiger charge is 2.25. The number of nitrogens with one attached hydrogen (secondary N) is 1. The highest BCUT2D eigenvalue weighted by atomic mass is 14.9. The lowest BCUT2D eigenvalue weighted by atomic mass is 10.0. The maximum Gasteiger partial charge on any atom is 0.0210 e. The van der Waals surface area contributed by atoms with E-state index < -0.39 is 0 Å². The number of rotatable bonds is 6. The zero-order valence-corrected chi connectivity index (χ0v) is 11.4. The predicted molar refractivity (Wildman–Crippen MR) is 74.2 cm³/mol. The van der Waals surface area contributed by atoms with Crippen molar-refractivity contribution in [1.29, 1.82) is 0 Å². The molecular weight excluding hydrogens is 206 g/mol. The van der Waals surface area contributed by atoms with E-state index in [9.17, 15) is 0 Å². The third-order valence-electron chi connectivity index (χ3n) is 3.54. The predicted octanol–water partition coefficient (Wildman–Crippen LogP) is 4.09. The molecule has 1 aromatic rings. The van der Waals surface area contributed by atoms with Crippen LogP contribution >= 0.6 is 0 Å². The van der Waals surface area contributed by atoms with Gasteiger partial charge < -0.3 is 5.32 Å². The number of benzene rings is 1. The summed E-state index contributed by atoms with van der Waals surface area (Å²) in [5.74, 6) is 1.63. The second-order valence-corrected chi connectivity index (χ2v) is 5.88. The maximum absolute atomic E-state index is 3.65. The fourth-order valence-corrected chi connectivity index (χ4v) is 2.56. The molecule has 1 fully saturated rings. The normalized spacial score (nSPS) is 17.4. The average molecular weight is 231 g/mol. The van der Waals surface area contributed by atoms with Crippen molar-refractivity contribution < 1.29 is 0 Å². The second kappa shape index (κ2) is 5.68. The molecule has 1 aromatic carbocycles. The SMILES string of the molecule is CC(C)CC(C)NCc1ccccc1C1CC1. The van der Waals surface area contributed by atoms with Crippen LogP contribution in [0.1, 0.15) is 57.1 Å². The number of hydrogen-bond acceptors (Lipinski definition) is 1. The van der Waals surface area contributed by atoms with Crippen molar-refractivity contribution in [3.8, 4) is 0 Å². The van der Waals surface area contributed by atoms with Gasteiger partial charge in [-0.3, -0.25) is 0 Å². The van der Waals surface area contributed by atoms with E-state index in [0.29, 0.717) is 6.04 Å². The Hall–Kier alpha value is -0.820. The summed E-state index contributed by atoms with van der Waals surface area (Å²) in [5.41, 5.74) is 3.09. The van der Waals surface area contributed by atoms with Gasteiger partial charge in [0.2, 0.25) is 0 Å². The summed E-state index contributed by atoms with van der Waals surface area (Å²) in [4.78, 5) is 0. The Bertz CT molecular complexity index is 352. The van der Waals surface area contributed by atoms with Gasteiger partial charge in [-0.15, -0.1) is 0 Å². The van der Waals surface area contributed by atoms with Gasteiger partial charge >= 0.3 is 0 Å². The molecule has 1 aliphatic rings. The first kappa shape index (κ1) is 12.6. The molecule has 1 N–H and O–H groups in total. The summed E-state index contributed by atoms with van der Waals surface area (Å²) in [6.07, 6.45) is 4.03. The summed E-state index contributed by atoms with van der Waals surface area (Å²) < 4.78 is 0. The Labute approximate surface area is 106 Å². The Morgan fingerprint density at radius 1 is 1.18 bits per heavy atom. The molecule has 2 rings (SSSR count). The first-order valence-corrected chi connectivity index (χ1v) is 6.98. The Morgan fingerprint density at radius 2 is 1.88 bits per heavy atom. The smallest absolute Gasteiger partial charge is 0.0210 e. The summed E-state index contributed by atoms with van der Waals surface area (Å²) >= 11 is 0. The molecule has 17 heavy (non-hydrogen) atoms. The number of hydrogen-bond donors (Lipinski definition) is 1. The van der Waals surface area contributed by atoms with Gasteiger partial charge in [-0.1, -0.05) is 38.1 Å². The van der Waals surface area contributed by atoms with E-state index in [4.69, 9.17) is 0 Å². The molecule has 94 valence electrons. The van der Waals surface area contributed by atoms with Crippen molar-refractivity contribution in [3.63, 3.8) is 0 Å². The zero-order chi connectivity index (χ0) is 12.3. The third-order valence-corrected chi connectivity index (χ3v) is 3.54. The molecular formula is C16H25N. The largest absolute Gasteiger partial charge is 0.310 e. The lowest BCUT2D eigenvalue weighted by molar-refractivity contribution is 0.441. The van der Waals surface area contributed by atoms with Gasteiger partial charge in [0.05, 0.1) is 0 Å². The minimum absolute atomic E-state index is 0.613. The van der Waals surface area contributed by atoms with E-state index >= 15 is 0 Å². The summed E-state index contributed by atoms with van der Waals surface area (Å²) in [7, 11) is 0. The van der Waals surface area contributed by atoms with Crippen LogP contribution in [-0.2, 0) is 6.54 Å². The van der Waals surface area contributed by atoms with Gasteiger partial charge in [0.1, 0.15) is 0 Å². The maximum atomic E-state index is 3.65. The van der Waals surface area contributed by atoms with Crippen LogP contribution in [0.5, 0.6) is 0 Å². The van der Waals surface area contributed by atoms with Crippen LogP contribution in [0.3, 0.4) is 0 Å². The van der Waals surface area contributed by atoms with Crippen LogP contribution < -0.4 is 5.32 Å². The highest BCUT2D eigenvalue weighted by molar-refractivity contribution is 5.33. The molecule has 0 radical (unpaired) electrons. The summed E-state index contributed by atoms with van der Waals surface area (Å²) in [6.45, 7) is 7.90. The minimum Gasteiger partial charge on any atom is -0.310 e. The molecule has 0 aliphatic heterocycles. The van der Waals surface area contributed by atoms with E-state index in [0.717, 1.165) is 18.4 Å². The van der Waals surface area contributed by atoms with E-state index in [-0.39, 0.29) is 0 Å². The lowest BCUT2D eigenvalue weighted by Gasteiger charge is -2.17. The van der Waals surface area contributed by atoms with E-state index in [1.807, 2.05) is 0 Å². The van der Waals surface area contributed by atoms with Crippen LogP contribution in [-0.4, -0.2) is 6.04 Å². The van der Waals surface area contributed by atoms with E-state index in [1.165, 1.54) is 24.8 Å². The molecule has 0 amide bonds. The highest BCUT2D eigenvalue weighted by Crippen LogP contribution is 2.41. The van der Waals surface area contributed by atoms with Crippen molar-refractivity contribution in [2.75, 3.05) is 0 Å². The van der Waals surface area contributed by atoms with Gasteiger partial charge in [0.15, 0.2) is 0 Å². The van der Waals surface area contributed by atoms with Crippen LogP contribution in [0.15, 0.2) is 24.3 Å². The fraction of sp³-hybridized carbons (Fsp3) is 0.625. The molecule has 1 heteroatoms. The topological polar surface area (TPSA) is 12.0 Å². The second-order valence-electron chi connectivity index (χ2n) is 5.88. The monoisotopic (exact) mass is 231 g/mol. The lowest BCUT2D eigenvalue weighted by Crippen LogP contribution is -2.27. The standard InChI is InChI=1S/C16H25N/c1-12(2)10-13(3)17-11-15-6-4-5-7-16(15)14-8-9-14/h4-7,12-14,17H,8-11H2,1-3H3. The third kappa shape index (κ3) is 3.85. The molecule has 0 aromatic heterocycles. The quantitative estimate of drug-likeness (QED) is 0.777. The van der Waals surface area contributed by atoms with Gasteiger partial charge in [-0.25, -0.2) is 0 Å². The molecule has 1 aliphatic carbocycles. The van der Waals surface area contributed by atoms with E-state index in [2.05, 4.69) is 50.4 Å². The van der Waals surface area contributed by atoms with Gasteiger partial charge in [-0.2, -0.15) is 0 Å². The van der Waals surface area contributed by atoms with Crippen molar-refractivity contribution in [2.45, 2.75) is 58.5 Å². The van der Waals surface area contributed by atoms with Crippen molar-refractivity contribution in [3.05, 3.63) is 35.4 Å². The Morgan fingerprint density at radius 3 is 2.53 bits per heavy atom. The molecule has 1 saturated carbocycles. The van der Waals surface area contributed by atoms with Crippen molar-refractivity contribution >= 4 is 0 Å². The molecule has 0 spiro atoms. The van der Waals surface area contributed by atoms with Crippen molar-refractivity contribution in [2.24, 2.45) is 5.92 Å². The van der Waals surface area contributed by atoms with Crippen molar-refractivity contribution in [1.82, 2.24) is 5.32 Å². The summed E-state index contributed by atoms with van der Waals surface area (Å²) in [5, 5.41) is 3.65. The van der Waals surface area contributed by atoms with Gasteiger partial charge in [0, 0.05) is 12.6 Å². The zero-order valence-electron chi connectivity index (χ0n) is 11.4. The molecule has 1 nitrogen and oxygen atoms in total. The van der Waals surface area contributed by atoms with Gasteiger partial charge in [-0.05, 0) is 49.1 Å². The van der Waals surface area contributed by atoms with Crippen LogP contribution in [0, 0.1) is 5.92 Å². The van der Waals surface area contributed by atoms with E-state index in [1.54, 1.807) is 5.56 Å². The molecule has 1 unspecified atom stereocenters.